The molecule has 0 aliphatic carbocycles. The maximum atomic E-state index is 12.1. The molecule has 140 valence electrons. The highest BCUT2D eigenvalue weighted by molar-refractivity contribution is 7.98. The number of aromatic nitrogens is 2. The predicted molar refractivity (Wildman–Crippen MR) is 109 cm³/mol. The van der Waals surface area contributed by atoms with Crippen LogP contribution in [0.5, 0.6) is 0 Å². The second-order valence-corrected chi connectivity index (χ2v) is 7.70. The lowest BCUT2D eigenvalue weighted by Crippen LogP contribution is -2.30. The Kier molecular flexibility index (Phi) is 7.72. The van der Waals surface area contributed by atoms with Gasteiger partial charge in [-0.3, -0.25) is 4.79 Å². The third kappa shape index (κ3) is 6.18. The molecule has 2 aromatic rings. The second-order valence-electron chi connectivity index (χ2n) is 6.37. The van der Waals surface area contributed by atoms with Crippen molar-refractivity contribution < 1.29 is 4.79 Å². The molecule has 2 rings (SSSR count). The highest BCUT2D eigenvalue weighted by atomic mass is 35.5. The van der Waals surface area contributed by atoms with Crippen LogP contribution in [0.25, 0.3) is 0 Å². The molecule has 0 bridgehead atoms. The van der Waals surface area contributed by atoms with E-state index >= 15 is 0 Å². The lowest BCUT2D eigenvalue weighted by molar-refractivity contribution is 0.0943. The number of nitrogens with zero attached hydrogens (tertiary/aromatic N) is 3. The van der Waals surface area contributed by atoms with Crippen LogP contribution < -0.4 is 10.2 Å². The minimum atomic E-state index is -0.0608. The fourth-order valence-electron chi connectivity index (χ4n) is 2.39. The summed E-state index contributed by atoms with van der Waals surface area (Å²) in [6.45, 7) is 6.92. The van der Waals surface area contributed by atoms with Crippen molar-refractivity contribution in [2.75, 3.05) is 18.5 Å². The van der Waals surface area contributed by atoms with Gasteiger partial charge in [-0.1, -0.05) is 42.4 Å². The van der Waals surface area contributed by atoms with Gasteiger partial charge in [-0.05, 0) is 38.0 Å². The summed E-state index contributed by atoms with van der Waals surface area (Å²) in [4.78, 5) is 23.1. The van der Waals surface area contributed by atoms with Crippen LogP contribution in [0.15, 0.2) is 35.5 Å². The van der Waals surface area contributed by atoms with Gasteiger partial charge in [-0.25, -0.2) is 9.97 Å². The number of nitrogens with one attached hydrogen (secondary N) is 1. The molecular formula is C19H25ClN4OS. The van der Waals surface area contributed by atoms with Gasteiger partial charge in [0.2, 0.25) is 0 Å². The maximum absolute atomic E-state index is 12.1. The molecule has 26 heavy (non-hydrogen) atoms. The van der Waals surface area contributed by atoms with Crippen LogP contribution in [0.4, 0.5) is 5.82 Å². The molecule has 0 spiro atoms. The minimum Gasteiger partial charge on any atom is -0.360 e. The molecule has 1 amide bonds. The number of anilines is 1. The Hall–Kier alpha value is -1.79. The number of amides is 1. The molecule has 0 saturated heterocycles. The van der Waals surface area contributed by atoms with Crippen LogP contribution in [-0.2, 0) is 5.75 Å². The largest absolute Gasteiger partial charge is 0.360 e. The number of hydrogen-bond donors (Lipinski definition) is 1. The monoisotopic (exact) mass is 392 g/mol. The molecular weight excluding hydrogens is 368 g/mol. The first-order chi connectivity index (χ1) is 12.4. The van der Waals surface area contributed by atoms with E-state index in [-0.39, 0.29) is 11.9 Å². The van der Waals surface area contributed by atoms with Gasteiger partial charge in [-0.2, -0.15) is 0 Å². The van der Waals surface area contributed by atoms with E-state index < -0.39 is 0 Å². The Labute approximate surface area is 164 Å². The number of halogens is 1. The molecule has 0 saturated carbocycles. The Morgan fingerprint density at radius 2 is 2.08 bits per heavy atom. The van der Waals surface area contributed by atoms with Gasteiger partial charge in [0.25, 0.3) is 5.91 Å². The highest BCUT2D eigenvalue weighted by Gasteiger charge is 2.10. The molecule has 1 aromatic heterocycles. The second kappa shape index (κ2) is 9.78. The van der Waals surface area contributed by atoms with Crippen molar-refractivity contribution in [1.82, 2.24) is 15.3 Å². The van der Waals surface area contributed by atoms with E-state index in [1.165, 1.54) is 11.8 Å². The number of carbonyl (C=O) groups excluding carboxylic acids is 1. The van der Waals surface area contributed by atoms with E-state index in [9.17, 15) is 4.79 Å². The summed E-state index contributed by atoms with van der Waals surface area (Å²) < 4.78 is 0. The third-order valence-electron chi connectivity index (χ3n) is 3.59. The summed E-state index contributed by atoms with van der Waals surface area (Å²) in [7, 11) is 1.99. The van der Waals surface area contributed by atoms with E-state index in [1.807, 2.05) is 45.2 Å². The molecule has 0 aliphatic rings. The Bertz CT molecular complexity index is 754. The van der Waals surface area contributed by atoms with Gasteiger partial charge in [0, 0.05) is 37.0 Å². The number of benzene rings is 1. The van der Waals surface area contributed by atoms with Crippen LogP contribution >= 0.6 is 23.4 Å². The van der Waals surface area contributed by atoms with Crippen LogP contribution in [-0.4, -0.2) is 35.5 Å². The Balaban J connectivity index is 2.08. The molecule has 0 atom stereocenters. The van der Waals surface area contributed by atoms with Gasteiger partial charge in [0.15, 0.2) is 5.16 Å². The number of hydrogen-bond acceptors (Lipinski definition) is 5. The normalized spacial score (nSPS) is 10.8. The fourth-order valence-corrected chi connectivity index (χ4v) is 3.42. The summed E-state index contributed by atoms with van der Waals surface area (Å²) in [6.07, 6.45) is 1.03. The van der Waals surface area contributed by atoms with Crippen LogP contribution in [0.1, 0.15) is 43.1 Å². The van der Waals surface area contributed by atoms with Crippen molar-refractivity contribution >= 4 is 35.1 Å². The number of rotatable bonds is 8. The quantitative estimate of drug-likeness (QED) is 0.409. The van der Waals surface area contributed by atoms with Gasteiger partial charge in [0.1, 0.15) is 11.0 Å². The molecule has 7 heteroatoms. The van der Waals surface area contributed by atoms with Crippen LogP contribution in [0.3, 0.4) is 0 Å². The molecule has 0 unspecified atom stereocenters. The average molecular weight is 393 g/mol. The summed E-state index contributed by atoms with van der Waals surface area (Å²) in [5, 5.41) is 3.97. The van der Waals surface area contributed by atoms with E-state index in [0.717, 1.165) is 24.3 Å². The fraction of sp³-hybridized carbons (Fsp3) is 0.421. The smallest absolute Gasteiger partial charge is 0.251 e. The number of thioether (sulfide) groups is 1. The van der Waals surface area contributed by atoms with Gasteiger partial charge in [0.05, 0.1) is 0 Å². The molecule has 1 aromatic carbocycles. The van der Waals surface area contributed by atoms with Crippen molar-refractivity contribution in [2.45, 2.75) is 44.1 Å². The summed E-state index contributed by atoms with van der Waals surface area (Å²) in [6, 6.07) is 9.49. The van der Waals surface area contributed by atoms with Crippen molar-refractivity contribution in [3.05, 3.63) is 46.6 Å². The van der Waals surface area contributed by atoms with Gasteiger partial charge in [-0.15, -0.1) is 0 Å². The zero-order valence-corrected chi connectivity index (χ0v) is 17.2. The zero-order valence-electron chi connectivity index (χ0n) is 15.6. The third-order valence-corrected chi connectivity index (χ3v) is 4.70. The topological polar surface area (TPSA) is 58.1 Å². The minimum absolute atomic E-state index is 0.0608. The van der Waals surface area contributed by atoms with Crippen LogP contribution in [0, 0.1) is 0 Å². The zero-order chi connectivity index (χ0) is 19.1. The predicted octanol–water partition coefficient (Wildman–Crippen LogP) is 4.41. The lowest BCUT2D eigenvalue weighted by atomic mass is 10.1. The van der Waals surface area contributed by atoms with Crippen molar-refractivity contribution in [3.63, 3.8) is 0 Å². The first kappa shape index (κ1) is 20.5. The molecule has 5 nitrogen and oxygen atoms in total. The van der Waals surface area contributed by atoms with E-state index in [4.69, 9.17) is 11.6 Å². The summed E-state index contributed by atoms with van der Waals surface area (Å²) in [5.74, 6) is 1.42. The average Bonchev–Trinajstić information content (AvgIpc) is 2.59. The summed E-state index contributed by atoms with van der Waals surface area (Å²) in [5.41, 5.74) is 1.70. The molecule has 0 radical (unpaired) electrons. The van der Waals surface area contributed by atoms with Gasteiger partial charge < -0.3 is 10.2 Å². The van der Waals surface area contributed by atoms with Gasteiger partial charge >= 0.3 is 0 Å². The summed E-state index contributed by atoms with van der Waals surface area (Å²) >= 11 is 7.65. The maximum Gasteiger partial charge on any atom is 0.251 e. The van der Waals surface area contributed by atoms with E-state index in [1.54, 1.807) is 6.07 Å². The van der Waals surface area contributed by atoms with E-state index in [2.05, 4.69) is 27.1 Å². The number of carbonyl (C=O) groups is 1. The van der Waals surface area contributed by atoms with E-state index in [0.29, 0.717) is 21.6 Å². The van der Waals surface area contributed by atoms with Crippen LogP contribution in [0.2, 0.25) is 5.15 Å². The standard InChI is InChI=1S/C19H25ClN4OS/c1-5-9-24(4)17-11-16(20)22-19(23-17)26-12-14-7-6-8-15(10-14)18(25)21-13(2)3/h6-8,10-11,13H,5,9,12H2,1-4H3,(H,21,25). The Morgan fingerprint density at radius 1 is 1.31 bits per heavy atom. The lowest BCUT2D eigenvalue weighted by Gasteiger charge is -2.17. The Morgan fingerprint density at radius 3 is 2.77 bits per heavy atom. The molecule has 1 heterocycles. The van der Waals surface area contributed by atoms with Crippen molar-refractivity contribution in [1.29, 1.82) is 0 Å². The SMILES string of the molecule is CCCN(C)c1cc(Cl)nc(SCc2cccc(C(=O)NC(C)C)c2)n1. The molecule has 1 N–H and O–H groups in total. The van der Waals surface area contributed by atoms with Crippen molar-refractivity contribution in [3.8, 4) is 0 Å². The van der Waals surface area contributed by atoms with Crippen molar-refractivity contribution in [2.24, 2.45) is 0 Å². The highest BCUT2D eigenvalue weighted by Crippen LogP contribution is 2.24. The first-order valence-electron chi connectivity index (χ1n) is 8.67. The molecule has 0 aliphatic heterocycles. The molecule has 0 fully saturated rings. The first-order valence-corrected chi connectivity index (χ1v) is 10.0.